The molecule has 0 saturated carbocycles. The monoisotopic (exact) mass is 328 g/mol. The van der Waals surface area contributed by atoms with E-state index in [2.05, 4.69) is 15.5 Å². The number of ether oxygens (including phenoxy) is 1. The molecule has 0 aliphatic heterocycles. The molecule has 1 aromatic carbocycles. The van der Waals surface area contributed by atoms with Crippen LogP contribution in [-0.2, 0) is 11.3 Å². The van der Waals surface area contributed by atoms with Crippen LogP contribution in [0.15, 0.2) is 48.7 Å². The topological polar surface area (TPSA) is 68.5 Å². The van der Waals surface area contributed by atoms with Crippen LogP contribution in [0, 0.1) is 5.82 Å². The van der Waals surface area contributed by atoms with Gasteiger partial charge in [-0.1, -0.05) is 6.07 Å². The van der Waals surface area contributed by atoms with Crippen molar-refractivity contribution in [1.29, 1.82) is 0 Å². The highest BCUT2D eigenvalue weighted by Gasteiger charge is 2.07. The van der Waals surface area contributed by atoms with Crippen LogP contribution in [0.3, 0.4) is 0 Å². The van der Waals surface area contributed by atoms with Gasteiger partial charge < -0.3 is 10.1 Å². The average Bonchev–Trinajstić information content (AvgIpc) is 3.02. The molecule has 0 saturated heterocycles. The molecule has 0 unspecified atom stereocenters. The van der Waals surface area contributed by atoms with E-state index in [1.54, 1.807) is 12.1 Å². The number of carbonyl (C=O) groups excluding carboxylic acids is 1. The van der Waals surface area contributed by atoms with Gasteiger partial charge in [-0.2, -0.15) is 0 Å². The van der Waals surface area contributed by atoms with Crippen LogP contribution in [0.25, 0.3) is 5.65 Å². The zero-order chi connectivity index (χ0) is 16.8. The molecule has 1 amide bonds. The molecule has 3 aromatic rings. The van der Waals surface area contributed by atoms with Gasteiger partial charge in [-0.3, -0.25) is 9.20 Å². The second kappa shape index (κ2) is 7.54. The third-order valence-electron chi connectivity index (χ3n) is 3.46. The molecule has 6 nitrogen and oxygen atoms in total. The summed E-state index contributed by atoms with van der Waals surface area (Å²) < 4.78 is 20.0. The molecule has 2 heterocycles. The first kappa shape index (κ1) is 15.9. The Morgan fingerprint density at radius 3 is 2.83 bits per heavy atom. The Morgan fingerprint density at radius 2 is 2.00 bits per heavy atom. The predicted molar refractivity (Wildman–Crippen MR) is 86.0 cm³/mol. The third-order valence-corrected chi connectivity index (χ3v) is 3.46. The quantitative estimate of drug-likeness (QED) is 0.676. The minimum atomic E-state index is -0.303. The number of fused-ring (bicyclic) bond motifs is 1. The Morgan fingerprint density at radius 1 is 1.17 bits per heavy atom. The van der Waals surface area contributed by atoms with E-state index >= 15 is 0 Å². The van der Waals surface area contributed by atoms with E-state index in [9.17, 15) is 9.18 Å². The number of rotatable bonds is 7. The number of benzene rings is 1. The van der Waals surface area contributed by atoms with Crippen molar-refractivity contribution in [3.63, 3.8) is 0 Å². The Hall–Kier alpha value is -2.96. The summed E-state index contributed by atoms with van der Waals surface area (Å²) in [4.78, 5) is 11.9. The fraction of sp³-hybridized carbons (Fsp3) is 0.235. The van der Waals surface area contributed by atoms with Crippen LogP contribution in [0.4, 0.5) is 4.39 Å². The lowest BCUT2D eigenvalue weighted by Crippen LogP contribution is -2.24. The van der Waals surface area contributed by atoms with Gasteiger partial charge >= 0.3 is 0 Å². The van der Waals surface area contributed by atoms with Crippen molar-refractivity contribution in [2.75, 3.05) is 6.61 Å². The maximum Gasteiger partial charge on any atom is 0.220 e. The molecular formula is C17H17FN4O2. The summed E-state index contributed by atoms with van der Waals surface area (Å²) in [5.74, 6) is 0.890. The number of nitrogens with one attached hydrogen (secondary N) is 1. The molecule has 0 spiro atoms. The van der Waals surface area contributed by atoms with Crippen LogP contribution in [-0.4, -0.2) is 27.1 Å². The maximum absolute atomic E-state index is 12.8. The SMILES string of the molecule is O=C(CCCOc1ccc(F)cc1)NCc1nnc2ccccn12. The van der Waals surface area contributed by atoms with E-state index in [0.29, 0.717) is 37.6 Å². The van der Waals surface area contributed by atoms with Crippen molar-refractivity contribution in [1.82, 2.24) is 19.9 Å². The fourth-order valence-electron chi connectivity index (χ4n) is 2.23. The van der Waals surface area contributed by atoms with Crippen molar-refractivity contribution < 1.29 is 13.9 Å². The van der Waals surface area contributed by atoms with Crippen LogP contribution in [0.1, 0.15) is 18.7 Å². The number of nitrogens with zero attached hydrogens (tertiary/aromatic N) is 3. The molecule has 0 atom stereocenters. The fourth-order valence-corrected chi connectivity index (χ4v) is 2.23. The second-order valence-electron chi connectivity index (χ2n) is 5.23. The largest absolute Gasteiger partial charge is 0.494 e. The summed E-state index contributed by atoms with van der Waals surface area (Å²) in [7, 11) is 0. The Kier molecular flexibility index (Phi) is 5.00. The van der Waals surface area contributed by atoms with Crippen molar-refractivity contribution in [2.45, 2.75) is 19.4 Å². The van der Waals surface area contributed by atoms with Crippen molar-refractivity contribution in [3.8, 4) is 5.75 Å². The molecule has 7 heteroatoms. The lowest BCUT2D eigenvalue weighted by atomic mass is 10.3. The summed E-state index contributed by atoms with van der Waals surface area (Å²) >= 11 is 0. The highest BCUT2D eigenvalue weighted by atomic mass is 19.1. The van der Waals surface area contributed by atoms with Crippen molar-refractivity contribution in [2.24, 2.45) is 0 Å². The third kappa shape index (κ3) is 4.07. The first-order valence-electron chi connectivity index (χ1n) is 7.66. The molecule has 2 aromatic heterocycles. The first-order valence-corrected chi connectivity index (χ1v) is 7.66. The molecular weight excluding hydrogens is 311 g/mol. The minimum Gasteiger partial charge on any atom is -0.494 e. The van der Waals surface area contributed by atoms with Crippen LogP contribution in [0.2, 0.25) is 0 Å². The summed E-state index contributed by atoms with van der Waals surface area (Å²) in [6.07, 6.45) is 2.77. The normalized spacial score (nSPS) is 10.7. The Balaban J connectivity index is 1.39. The molecule has 24 heavy (non-hydrogen) atoms. The number of aromatic nitrogens is 3. The van der Waals surface area contributed by atoms with Gasteiger partial charge in [0.1, 0.15) is 11.6 Å². The van der Waals surface area contributed by atoms with Crippen LogP contribution >= 0.6 is 0 Å². The molecule has 0 fully saturated rings. The van der Waals surface area contributed by atoms with E-state index in [1.165, 1.54) is 12.1 Å². The van der Waals surface area contributed by atoms with Gasteiger partial charge in [0, 0.05) is 12.6 Å². The number of halogens is 1. The lowest BCUT2D eigenvalue weighted by Gasteiger charge is -2.06. The summed E-state index contributed by atoms with van der Waals surface area (Å²) in [5.41, 5.74) is 0.745. The standard InChI is InChI=1S/C17H17FN4O2/c18-13-6-8-14(9-7-13)24-11-3-5-17(23)19-12-16-21-20-15-4-1-2-10-22(15)16/h1-2,4,6-10H,3,5,11-12H2,(H,19,23). The van der Waals surface area contributed by atoms with Gasteiger partial charge in [0.15, 0.2) is 11.5 Å². The highest BCUT2D eigenvalue weighted by Crippen LogP contribution is 2.11. The van der Waals surface area contributed by atoms with Gasteiger partial charge in [0.05, 0.1) is 13.2 Å². The van der Waals surface area contributed by atoms with Crippen LogP contribution < -0.4 is 10.1 Å². The van der Waals surface area contributed by atoms with Gasteiger partial charge in [-0.25, -0.2) is 4.39 Å². The number of hydrogen-bond acceptors (Lipinski definition) is 4. The zero-order valence-electron chi connectivity index (χ0n) is 13.0. The van der Waals surface area contributed by atoms with E-state index in [1.807, 2.05) is 28.8 Å². The predicted octanol–water partition coefficient (Wildman–Crippen LogP) is 2.34. The van der Waals surface area contributed by atoms with Crippen molar-refractivity contribution >= 4 is 11.6 Å². The number of hydrogen-bond donors (Lipinski definition) is 1. The van der Waals surface area contributed by atoms with E-state index < -0.39 is 0 Å². The molecule has 0 bridgehead atoms. The molecule has 0 aliphatic rings. The summed E-state index contributed by atoms with van der Waals surface area (Å²) in [6, 6.07) is 11.4. The minimum absolute atomic E-state index is 0.0783. The van der Waals surface area contributed by atoms with E-state index in [4.69, 9.17) is 4.74 Å². The number of amides is 1. The summed E-state index contributed by atoms with van der Waals surface area (Å²) in [5, 5.41) is 10.9. The first-order chi connectivity index (χ1) is 11.7. The van der Waals surface area contributed by atoms with Crippen LogP contribution in [0.5, 0.6) is 5.75 Å². The van der Waals surface area contributed by atoms with Gasteiger partial charge in [0.25, 0.3) is 0 Å². The maximum atomic E-state index is 12.8. The van der Waals surface area contributed by atoms with E-state index in [0.717, 1.165) is 5.65 Å². The summed E-state index contributed by atoms with van der Waals surface area (Å²) in [6.45, 7) is 0.718. The number of carbonyl (C=O) groups is 1. The van der Waals surface area contributed by atoms with Gasteiger partial charge in [-0.05, 0) is 42.8 Å². The highest BCUT2D eigenvalue weighted by molar-refractivity contribution is 5.75. The van der Waals surface area contributed by atoms with Gasteiger partial charge in [-0.15, -0.1) is 10.2 Å². The molecule has 3 rings (SSSR count). The molecule has 0 aliphatic carbocycles. The molecule has 1 N–H and O–H groups in total. The average molecular weight is 328 g/mol. The zero-order valence-corrected chi connectivity index (χ0v) is 13.0. The van der Waals surface area contributed by atoms with E-state index in [-0.39, 0.29) is 11.7 Å². The number of pyridine rings is 1. The molecule has 124 valence electrons. The Labute approximate surface area is 138 Å². The van der Waals surface area contributed by atoms with Gasteiger partial charge in [0.2, 0.25) is 5.91 Å². The molecule has 0 radical (unpaired) electrons. The second-order valence-corrected chi connectivity index (χ2v) is 5.23. The van der Waals surface area contributed by atoms with Crippen molar-refractivity contribution in [3.05, 3.63) is 60.3 Å². The lowest BCUT2D eigenvalue weighted by molar-refractivity contribution is -0.121. The Bertz CT molecular complexity index is 817. The smallest absolute Gasteiger partial charge is 0.220 e.